The quantitative estimate of drug-likeness (QED) is 0.456. The maximum absolute atomic E-state index is 12.4. The summed E-state index contributed by atoms with van der Waals surface area (Å²) >= 11 is 0. The molecule has 3 heterocycles. The van der Waals surface area contributed by atoms with Crippen LogP contribution in [0.1, 0.15) is 33.4 Å². The minimum atomic E-state index is -4.70. The molecule has 12 nitrogen and oxygen atoms in total. The average Bonchev–Trinajstić information content (AvgIpc) is 3.31. The number of hydrogen-bond donors (Lipinski definition) is 3. The Kier molecular flexibility index (Phi) is 7.57. The van der Waals surface area contributed by atoms with Crippen molar-refractivity contribution >= 4 is 29.0 Å². The van der Waals surface area contributed by atoms with Crippen LogP contribution < -0.4 is 10.9 Å². The first-order valence-electron chi connectivity index (χ1n) is 10.4. The van der Waals surface area contributed by atoms with Crippen molar-refractivity contribution in [3.8, 4) is 0 Å². The number of hydrogen-bond acceptors (Lipinski definition) is 9. The van der Waals surface area contributed by atoms with E-state index in [2.05, 4.69) is 25.0 Å². The Morgan fingerprint density at radius 1 is 1.38 bits per heavy atom. The number of fused-ring (bicyclic) bond motifs is 1. The molecule has 3 rings (SSSR count). The lowest BCUT2D eigenvalue weighted by Gasteiger charge is -2.22. The summed E-state index contributed by atoms with van der Waals surface area (Å²) in [5.41, 5.74) is -0.754. The number of H-pyrrole nitrogens is 1. The number of carbonyl (C=O) groups excluding carboxylic acids is 2. The van der Waals surface area contributed by atoms with Crippen LogP contribution in [0, 0.1) is 5.92 Å². The van der Waals surface area contributed by atoms with E-state index in [0.717, 1.165) is 0 Å². The molecule has 0 saturated carbocycles. The standard InChI is InChI=1S/C19H24F3N5O7/c1-4-9-12(29)13(32-5-10(28)33-6-19(20,21)22)17(34-9)27-7-23-11-14(27)24-18(26-16(11)31)25-15(30)8(2)3/h7-9,12-13,17,29H,4-6H2,1-3H3,(H2,24,25,26,30,31)/t9-,12?,13+,17-/m1/s1. The number of nitrogens with one attached hydrogen (secondary N) is 2. The van der Waals surface area contributed by atoms with E-state index in [0.29, 0.717) is 6.42 Å². The Hall–Kier alpha value is -3.04. The summed E-state index contributed by atoms with van der Waals surface area (Å²) in [6.07, 6.45) is -7.52. The van der Waals surface area contributed by atoms with E-state index in [1.54, 1.807) is 20.8 Å². The highest BCUT2D eigenvalue weighted by Crippen LogP contribution is 2.34. The van der Waals surface area contributed by atoms with E-state index in [4.69, 9.17) is 9.47 Å². The highest BCUT2D eigenvalue weighted by atomic mass is 19.4. The summed E-state index contributed by atoms with van der Waals surface area (Å²) < 4.78 is 53.3. The first kappa shape index (κ1) is 25.6. The summed E-state index contributed by atoms with van der Waals surface area (Å²) in [4.78, 5) is 46.7. The highest BCUT2D eigenvalue weighted by molar-refractivity contribution is 5.91. The smallest absolute Gasteiger partial charge is 0.422 e. The van der Waals surface area contributed by atoms with Gasteiger partial charge in [0.15, 0.2) is 24.0 Å². The van der Waals surface area contributed by atoms with Crippen molar-refractivity contribution in [3.05, 3.63) is 16.7 Å². The number of ether oxygens (including phenoxy) is 3. The van der Waals surface area contributed by atoms with Gasteiger partial charge >= 0.3 is 12.1 Å². The minimum Gasteiger partial charge on any atom is -0.454 e. The Morgan fingerprint density at radius 3 is 2.71 bits per heavy atom. The number of halogens is 3. The SMILES string of the molecule is CC[C@H]1O[C@@H](n2cnc3c(=O)[nH]c(NC(=O)C(C)C)nc32)[C@@H](OCC(=O)OCC(F)(F)F)C1O. The number of imidazole rings is 1. The van der Waals surface area contributed by atoms with Gasteiger partial charge in [-0.3, -0.25) is 24.5 Å². The fraction of sp³-hybridized carbons (Fsp3) is 0.632. The molecule has 2 aromatic heterocycles. The molecule has 0 aliphatic carbocycles. The Balaban J connectivity index is 1.87. The van der Waals surface area contributed by atoms with Gasteiger partial charge in [-0.1, -0.05) is 20.8 Å². The molecule has 0 spiro atoms. The van der Waals surface area contributed by atoms with Crippen LogP contribution in [0.5, 0.6) is 0 Å². The molecule has 1 unspecified atom stereocenters. The van der Waals surface area contributed by atoms with Gasteiger partial charge in [0.25, 0.3) is 5.56 Å². The van der Waals surface area contributed by atoms with E-state index >= 15 is 0 Å². The normalized spacial score (nSPS) is 22.9. The number of esters is 1. The van der Waals surface area contributed by atoms with Crippen LogP contribution in [0.25, 0.3) is 11.2 Å². The molecule has 34 heavy (non-hydrogen) atoms. The summed E-state index contributed by atoms with van der Waals surface area (Å²) in [5.74, 6) is -2.21. The van der Waals surface area contributed by atoms with Gasteiger partial charge in [-0.2, -0.15) is 18.2 Å². The maximum atomic E-state index is 12.4. The number of nitrogens with zero attached hydrogens (tertiary/aromatic N) is 3. The molecule has 2 aromatic rings. The van der Waals surface area contributed by atoms with E-state index in [-0.39, 0.29) is 23.0 Å². The van der Waals surface area contributed by atoms with E-state index < -0.39 is 61.4 Å². The molecule has 1 saturated heterocycles. The van der Waals surface area contributed by atoms with Crippen molar-refractivity contribution in [3.63, 3.8) is 0 Å². The molecule has 1 aliphatic heterocycles. The van der Waals surface area contributed by atoms with Gasteiger partial charge in [-0.25, -0.2) is 9.78 Å². The van der Waals surface area contributed by atoms with Gasteiger partial charge in [0.2, 0.25) is 11.9 Å². The molecule has 1 amide bonds. The zero-order valence-corrected chi connectivity index (χ0v) is 18.5. The first-order chi connectivity index (χ1) is 15.9. The predicted octanol–water partition coefficient (Wildman–Crippen LogP) is 0.873. The molecular formula is C19H24F3N5O7. The number of rotatable bonds is 8. The number of amides is 1. The van der Waals surface area contributed by atoms with Crippen molar-refractivity contribution in [2.45, 2.75) is 57.9 Å². The van der Waals surface area contributed by atoms with Crippen molar-refractivity contribution in [2.24, 2.45) is 5.92 Å². The van der Waals surface area contributed by atoms with Gasteiger partial charge in [-0.15, -0.1) is 0 Å². The van der Waals surface area contributed by atoms with Crippen LogP contribution >= 0.6 is 0 Å². The van der Waals surface area contributed by atoms with E-state index in [1.165, 1.54) is 10.9 Å². The lowest BCUT2D eigenvalue weighted by molar-refractivity contribution is -0.191. The first-order valence-corrected chi connectivity index (χ1v) is 10.4. The number of aromatic nitrogens is 4. The van der Waals surface area contributed by atoms with Crippen molar-refractivity contribution < 1.29 is 42.1 Å². The monoisotopic (exact) mass is 491 g/mol. The van der Waals surface area contributed by atoms with Gasteiger partial charge in [0.1, 0.15) is 18.8 Å². The lowest BCUT2D eigenvalue weighted by Crippen LogP contribution is -2.36. The van der Waals surface area contributed by atoms with Crippen molar-refractivity contribution in [2.75, 3.05) is 18.5 Å². The third kappa shape index (κ3) is 5.71. The maximum Gasteiger partial charge on any atom is 0.422 e. The summed E-state index contributed by atoms with van der Waals surface area (Å²) in [6.45, 7) is 2.36. The number of carbonyl (C=O) groups is 2. The lowest BCUT2D eigenvalue weighted by atomic mass is 10.1. The number of aliphatic hydroxyl groups excluding tert-OH is 1. The summed E-state index contributed by atoms with van der Waals surface area (Å²) in [5, 5.41) is 13.1. The van der Waals surface area contributed by atoms with Crippen molar-refractivity contribution in [1.82, 2.24) is 19.5 Å². The van der Waals surface area contributed by atoms with Crippen LogP contribution in [-0.4, -0.2) is 74.2 Å². The van der Waals surface area contributed by atoms with Crippen LogP contribution in [0.15, 0.2) is 11.1 Å². The zero-order valence-electron chi connectivity index (χ0n) is 18.5. The second kappa shape index (κ2) is 10.1. The molecule has 15 heteroatoms. The van der Waals surface area contributed by atoms with E-state index in [1.807, 2.05) is 0 Å². The largest absolute Gasteiger partial charge is 0.454 e. The molecule has 0 radical (unpaired) electrons. The molecule has 188 valence electrons. The Labute approximate surface area is 190 Å². The molecule has 0 aromatic carbocycles. The van der Waals surface area contributed by atoms with Crippen LogP contribution in [0.3, 0.4) is 0 Å². The fourth-order valence-corrected chi connectivity index (χ4v) is 3.26. The summed E-state index contributed by atoms with van der Waals surface area (Å²) in [6, 6.07) is 0. The van der Waals surface area contributed by atoms with Crippen LogP contribution in [0.4, 0.5) is 19.1 Å². The Morgan fingerprint density at radius 2 is 2.09 bits per heavy atom. The third-order valence-corrected chi connectivity index (χ3v) is 4.98. The second-order valence-electron chi connectivity index (χ2n) is 7.90. The molecular weight excluding hydrogens is 467 g/mol. The van der Waals surface area contributed by atoms with Crippen LogP contribution in [0.2, 0.25) is 0 Å². The molecule has 3 N–H and O–H groups in total. The molecule has 4 atom stereocenters. The molecule has 0 bridgehead atoms. The van der Waals surface area contributed by atoms with Gasteiger partial charge in [0, 0.05) is 5.92 Å². The number of aliphatic hydroxyl groups is 1. The van der Waals surface area contributed by atoms with Gasteiger partial charge in [-0.05, 0) is 6.42 Å². The average molecular weight is 491 g/mol. The fourth-order valence-electron chi connectivity index (χ4n) is 3.26. The molecule has 1 fully saturated rings. The van der Waals surface area contributed by atoms with Gasteiger partial charge in [0.05, 0.1) is 12.4 Å². The molecule has 1 aliphatic rings. The number of anilines is 1. The number of alkyl halides is 3. The van der Waals surface area contributed by atoms with E-state index in [9.17, 15) is 32.7 Å². The van der Waals surface area contributed by atoms with Crippen molar-refractivity contribution in [1.29, 1.82) is 0 Å². The minimum absolute atomic E-state index is 0.00925. The highest BCUT2D eigenvalue weighted by Gasteiger charge is 2.46. The number of aromatic amines is 1. The zero-order chi connectivity index (χ0) is 25.2. The Bertz CT molecular complexity index is 1100. The van der Waals surface area contributed by atoms with Crippen LogP contribution in [-0.2, 0) is 23.8 Å². The topological polar surface area (TPSA) is 158 Å². The second-order valence-corrected chi connectivity index (χ2v) is 7.90. The van der Waals surface area contributed by atoms with Gasteiger partial charge < -0.3 is 19.3 Å². The third-order valence-electron chi connectivity index (χ3n) is 4.98. The predicted molar refractivity (Wildman–Crippen MR) is 109 cm³/mol. The summed E-state index contributed by atoms with van der Waals surface area (Å²) in [7, 11) is 0.